The molecule has 0 radical (unpaired) electrons. The first-order chi connectivity index (χ1) is 10.6. The van der Waals surface area contributed by atoms with Crippen molar-refractivity contribution < 1.29 is 23.0 Å². The molecule has 0 saturated carbocycles. The minimum Gasteiger partial charge on any atom is -0.492 e. The molecule has 124 valence electrons. The molecule has 4 nitrogen and oxygen atoms in total. The van der Waals surface area contributed by atoms with Gasteiger partial charge in [-0.1, -0.05) is 6.07 Å². The van der Waals surface area contributed by atoms with Crippen molar-refractivity contribution >= 4 is 16.9 Å². The number of carbonyl (C=O) groups is 1. The van der Waals surface area contributed by atoms with E-state index in [-0.39, 0.29) is 0 Å². The van der Waals surface area contributed by atoms with Crippen LogP contribution in [0.5, 0.6) is 5.75 Å². The summed E-state index contributed by atoms with van der Waals surface area (Å²) < 4.78 is 38.8. The molecular formula is C17H19F2NO3. The van der Waals surface area contributed by atoms with Crippen LogP contribution in [0.1, 0.15) is 33.3 Å². The Labute approximate surface area is 133 Å². The van der Waals surface area contributed by atoms with E-state index in [9.17, 15) is 13.6 Å². The molecule has 1 aromatic heterocycles. The molecule has 2 rings (SSSR count). The van der Waals surface area contributed by atoms with Crippen LogP contribution in [-0.2, 0) is 15.5 Å². The van der Waals surface area contributed by atoms with Crippen LogP contribution >= 0.6 is 0 Å². The lowest BCUT2D eigenvalue weighted by Gasteiger charge is -2.23. The average Bonchev–Trinajstić information content (AvgIpc) is 2.45. The van der Waals surface area contributed by atoms with Gasteiger partial charge in [-0.25, -0.2) is 4.79 Å². The second kappa shape index (κ2) is 6.10. The predicted molar refractivity (Wildman–Crippen MR) is 82.7 cm³/mol. The van der Waals surface area contributed by atoms with Gasteiger partial charge >= 0.3 is 11.9 Å². The quantitative estimate of drug-likeness (QED) is 0.796. The summed E-state index contributed by atoms with van der Waals surface area (Å²) in [5.74, 6) is -4.82. The van der Waals surface area contributed by atoms with Crippen LogP contribution in [0, 0.1) is 0 Å². The second-order valence-electron chi connectivity index (χ2n) is 6.09. The minimum absolute atomic E-state index is 0.435. The average molecular weight is 323 g/mol. The molecule has 0 saturated heterocycles. The summed E-state index contributed by atoms with van der Waals surface area (Å²) in [6.45, 7) is 6.89. The van der Waals surface area contributed by atoms with E-state index in [1.807, 2.05) is 6.92 Å². The number of esters is 1. The number of alkyl halides is 2. The monoisotopic (exact) mass is 323 g/mol. The molecule has 1 heterocycles. The van der Waals surface area contributed by atoms with Gasteiger partial charge in [0.05, 0.1) is 18.3 Å². The zero-order chi connectivity index (χ0) is 17.3. The highest BCUT2D eigenvalue weighted by atomic mass is 19.3. The van der Waals surface area contributed by atoms with Gasteiger partial charge in [-0.05, 0) is 45.9 Å². The third-order valence-corrected chi connectivity index (χ3v) is 2.98. The van der Waals surface area contributed by atoms with Crippen molar-refractivity contribution in [1.29, 1.82) is 0 Å². The fourth-order valence-electron chi connectivity index (χ4n) is 2.01. The van der Waals surface area contributed by atoms with Crippen molar-refractivity contribution in [2.45, 2.75) is 39.2 Å². The summed E-state index contributed by atoms with van der Waals surface area (Å²) >= 11 is 0. The Morgan fingerprint density at radius 2 is 1.91 bits per heavy atom. The van der Waals surface area contributed by atoms with Crippen LogP contribution in [0.15, 0.2) is 30.5 Å². The van der Waals surface area contributed by atoms with Crippen molar-refractivity contribution in [2.75, 3.05) is 6.61 Å². The van der Waals surface area contributed by atoms with Gasteiger partial charge in [0.2, 0.25) is 0 Å². The fraction of sp³-hybridized carbons (Fsp3) is 0.412. The maximum atomic E-state index is 14.3. The Morgan fingerprint density at radius 3 is 2.52 bits per heavy atom. The highest BCUT2D eigenvalue weighted by Crippen LogP contribution is 2.33. The SMILES string of the molecule is CCOc1cnc2ccc(C(F)(F)C(=O)OC(C)(C)C)cc2c1. The van der Waals surface area contributed by atoms with E-state index in [0.717, 1.165) is 0 Å². The van der Waals surface area contributed by atoms with Gasteiger partial charge in [0, 0.05) is 10.9 Å². The molecular weight excluding hydrogens is 304 g/mol. The topological polar surface area (TPSA) is 48.4 Å². The standard InChI is InChI=1S/C17H19F2NO3/c1-5-22-13-9-11-8-12(6-7-14(11)20-10-13)17(18,19)15(21)23-16(2,3)4/h6-10H,5H2,1-4H3. The summed E-state index contributed by atoms with van der Waals surface area (Å²) in [5, 5.41) is 0.469. The van der Waals surface area contributed by atoms with Crippen LogP contribution in [0.3, 0.4) is 0 Å². The Morgan fingerprint density at radius 1 is 1.22 bits per heavy atom. The number of pyridine rings is 1. The molecule has 0 atom stereocenters. The molecule has 0 aliphatic heterocycles. The molecule has 0 aliphatic carbocycles. The van der Waals surface area contributed by atoms with Crippen molar-refractivity contribution in [2.24, 2.45) is 0 Å². The predicted octanol–water partition coefficient (Wildman–Crippen LogP) is 4.07. The normalized spacial score (nSPS) is 12.3. The van der Waals surface area contributed by atoms with Crippen molar-refractivity contribution in [3.8, 4) is 5.75 Å². The van der Waals surface area contributed by atoms with E-state index >= 15 is 0 Å². The number of hydrogen-bond donors (Lipinski definition) is 0. The zero-order valence-electron chi connectivity index (χ0n) is 13.5. The Kier molecular flexibility index (Phi) is 4.54. The smallest absolute Gasteiger partial charge is 0.382 e. The summed E-state index contributed by atoms with van der Waals surface area (Å²) in [7, 11) is 0. The van der Waals surface area contributed by atoms with Crippen LogP contribution in [0.4, 0.5) is 8.78 Å². The van der Waals surface area contributed by atoms with Crippen molar-refractivity contribution in [3.63, 3.8) is 0 Å². The van der Waals surface area contributed by atoms with Gasteiger partial charge in [0.15, 0.2) is 0 Å². The van der Waals surface area contributed by atoms with Crippen LogP contribution in [-0.4, -0.2) is 23.2 Å². The Bertz CT molecular complexity index is 723. The van der Waals surface area contributed by atoms with E-state index in [1.54, 1.807) is 26.8 Å². The number of nitrogens with zero attached hydrogens (tertiary/aromatic N) is 1. The summed E-state index contributed by atoms with van der Waals surface area (Å²) in [5.41, 5.74) is -0.881. The molecule has 2 aromatic rings. The van der Waals surface area contributed by atoms with Gasteiger partial charge < -0.3 is 9.47 Å². The number of halogens is 2. The third kappa shape index (κ3) is 3.94. The van der Waals surface area contributed by atoms with Gasteiger partial charge in [0.25, 0.3) is 0 Å². The lowest BCUT2D eigenvalue weighted by molar-refractivity contribution is -0.185. The van der Waals surface area contributed by atoms with Crippen molar-refractivity contribution in [3.05, 3.63) is 36.0 Å². The molecule has 0 N–H and O–H groups in total. The number of carbonyl (C=O) groups excluding carboxylic acids is 1. The van der Waals surface area contributed by atoms with Crippen LogP contribution in [0.2, 0.25) is 0 Å². The molecule has 1 aromatic carbocycles. The summed E-state index contributed by atoms with van der Waals surface area (Å²) in [6.07, 6.45) is 1.53. The Hall–Kier alpha value is -2.24. The number of aromatic nitrogens is 1. The number of fused-ring (bicyclic) bond motifs is 1. The summed E-state index contributed by atoms with van der Waals surface area (Å²) in [4.78, 5) is 15.9. The maximum absolute atomic E-state index is 14.3. The largest absolute Gasteiger partial charge is 0.492 e. The van der Waals surface area contributed by atoms with E-state index in [0.29, 0.717) is 23.3 Å². The van der Waals surface area contributed by atoms with E-state index in [1.165, 1.54) is 24.4 Å². The number of hydrogen-bond acceptors (Lipinski definition) is 4. The summed E-state index contributed by atoms with van der Waals surface area (Å²) in [6, 6.07) is 5.47. The molecule has 6 heteroatoms. The van der Waals surface area contributed by atoms with E-state index in [2.05, 4.69) is 4.98 Å². The molecule has 0 unspecified atom stereocenters. The van der Waals surface area contributed by atoms with E-state index in [4.69, 9.17) is 9.47 Å². The fourth-order valence-corrected chi connectivity index (χ4v) is 2.01. The number of rotatable bonds is 4. The number of ether oxygens (including phenoxy) is 2. The second-order valence-corrected chi connectivity index (χ2v) is 6.09. The third-order valence-electron chi connectivity index (χ3n) is 2.98. The number of benzene rings is 1. The molecule has 0 amide bonds. The van der Waals surface area contributed by atoms with Gasteiger partial charge in [-0.15, -0.1) is 0 Å². The van der Waals surface area contributed by atoms with Crippen molar-refractivity contribution in [1.82, 2.24) is 4.98 Å². The molecule has 0 spiro atoms. The van der Waals surface area contributed by atoms with Gasteiger partial charge in [0.1, 0.15) is 11.4 Å². The lowest BCUT2D eigenvalue weighted by atomic mass is 10.0. The van der Waals surface area contributed by atoms with Crippen LogP contribution in [0.25, 0.3) is 10.9 Å². The Balaban J connectivity index is 2.39. The van der Waals surface area contributed by atoms with Gasteiger partial charge in [-0.3, -0.25) is 4.98 Å². The van der Waals surface area contributed by atoms with Crippen LogP contribution < -0.4 is 4.74 Å². The first-order valence-electron chi connectivity index (χ1n) is 7.28. The highest BCUT2D eigenvalue weighted by molar-refractivity contribution is 5.85. The lowest BCUT2D eigenvalue weighted by Crippen LogP contribution is -2.34. The minimum atomic E-state index is -3.73. The van der Waals surface area contributed by atoms with E-state index < -0.39 is 23.1 Å². The first-order valence-corrected chi connectivity index (χ1v) is 7.28. The molecule has 0 aliphatic rings. The zero-order valence-corrected chi connectivity index (χ0v) is 13.5. The molecule has 0 fully saturated rings. The maximum Gasteiger partial charge on any atom is 0.382 e. The highest BCUT2D eigenvalue weighted by Gasteiger charge is 2.44. The molecule has 23 heavy (non-hydrogen) atoms. The first kappa shape index (κ1) is 17.1. The van der Waals surface area contributed by atoms with Gasteiger partial charge in [-0.2, -0.15) is 8.78 Å². The molecule has 0 bridgehead atoms.